The fourth-order valence-electron chi connectivity index (χ4n) is 3.14. The van der Waals surface area contributed by atoms with Crippen LogP contribution in [0.5, 0.6) is 0 Å². The average molecular weight is 409 g/mol. The van der Waals surface area contributed by atoms with E-state index in [-0.39, 0.29) is 29.3 Å². The van der Waals surface area contributed by atoms with Crippen LogP contribution in [-0.4, -0.2) is 41.7 Å². The first-order valence-electron chi connectivity index (χ1n) is 8.26. The zero-order valence-corrected chi connectivity index (χ0v) is 15.8. The van der Waals surface area contributed by atoms with Crippen LogP contribution >= 0.6 is 11.6 Å². The van der Waals surface area contributed by atoms with E-state index in [9.17, 15) is 23.3 Å². The molecule has 1 fully saturated rings. The lowest BCUT2D eigenvalue weighted by atomic mass is 10.1. The highest BCUT2D eigenvalue weighted by atomic mass is 35.5. The van der Waals surface area contributed by atoms with Crippen LogP contribution in [0.15, 0.2) is 48.5 Å². The summed E-state index contributed by atoms with van der Waals surface area (Å²) in [6.07, 6.45) is 0.308. The minimum atomic E-state index is -3.23. The van der Waals surface area contributed by atoms with Crippen molar-refractivity contribution >= 4 is 33.0 Å². The van der Waals surface area contributed by atoms with Crippen molar-refractivity contribution < 1.29 is 18.1 Å². The molecule has 142 valence electrons. The van der Waals surface area contributed by atoms with Gasteiger partial charge in [-0.25, -0.2) is 8.42 Å². The number of amides is 1. The molecule has 2 aromatic carbocycles. The van der Waals surface area contributed by atoms with E-state index in [2.05, 4.69) is 0 Å². The van der Waals surface area contributed by atoms with Crippen LogP contribution in [0.1, 0.15) is 22.3 Å². The van der Waals surface area contributed by atoms with Crippen molar-refractivity contribution in [2.24, 2.45) is 0 Å². The number of sulfone groups is 1. The van der Waals surface area contributed by atoms with Crippen molar-refractivity contribution in [2.45, 2.75) is 19.0 Å². The van der Waals surface area contributed by atoms with Crippen molar-refractivity contribution in [2.75, 3.05) is 11.5 Å². The highest BCUT2D eigenvalue weighted by Gasteiger charge is 2.36. The van der Waals surface area contributed by atoms with E-state index in [1.165, 1.54) is 23.1 Å². The second-order valence-corrected chi connectivity index (χ2v) is 9.06. The molecule has 0 spiro atoms. The van der Waals surface area contributed by atoms with E-state index in [1.54, 1.807) is 30.3 Å². The highest BCUT2D eigenvalue weighted by molar-refractivity contribution is 7.91. The van der Waals surface area contributed by atoms with Gasteiger partial charge in [0.1, 0.15) is 5.56 Å². The molecule has 9 heteroatoms. The van der Waals surface area contributed by atoms with Gasteiger partial charge in [-0.05, 0) is 30.2 Å². The second-order valence-electron chi connectivity index (χ2n) is 6.39. The van der Waals surface area contributed by atoms with Gasteiger partial charge < -0.3 is 4.90 Å². The van der Waals surface area contributed by atoms with Crippen molar-refractivity contribution in [1.29, 1.82) is 0 Å². The number of nitrogens with zero attached hydrogens (tertiary/aromatic N) is 2. The molecular weight excluding hydrogens is 392 g/mol. The van der Waals surface area contributed by atoms with E-state index in [1.807, 2.05) is 0 Å². The summed E-state index contributed by atoms with van der Waals surface area (Å²) in [6.45, 7) is 0.141. The number of nitro benzene ring substituents is 1. The quantitative estimate of drug-likeness (QED) is 0.559. The number of hydrogen-bond donors (Lipinski definition) is 0. The molecular formula is C18H17ClN2O5S. The largest absolute Gasteiger partial charge is 0.330 e. The monoisotopic (exact) mass is 408 g/mol. The van der Waals surface area contributed by atoms with Gasteiger partial charge in [0, 0.05) is 23.7 Å². The van der Waals surface area contributed by atoms with Crippen molar-refractivity contribution in [3.05, 3.63) is 74.8 Å². The highest BCUT2D eigenvalue weighted by Crippen LogP contribution is 2.26. The molecule has 1 saturated heterocycles. The number of halogens is 1. The minimum absolute atomic E-state index is 0.00104. The number of para-hydroxylation sites is 1. The van der Waals surface area contributed by atoms with Gasteiger partial charge in [-0.1, -0.05) is 35.9 Å². The maximum absolute atomic E-state index is 13.1. The minimum Gasteiger partial charge on any atom is -0.330 e. The molecule has 0 bridgehead atoms. The van der Waals surface area contributed by atoms with Crippen LogP contribution < -0.4 is 0 Å². The average Bonchev–Trinajstić information content (AvgIpc) is 3.00. The molecule has 2 aromatic rings. The van der Waals surface area contributed by atoms with E-state index in [4.69, 9.17) is 11.6 Å². The number of rotatable bonds is 5. The Balaban J connectivity index is 1.97. The fourth-order valence-corrected chi connectivity index (χ4v) is 5.00. The molecule has 7 nitrogen and oxygen atoms in total. The number of benzene rings is 2. The Morgan fingerprint density at radius 3 is 2.44 bits per heavy atom. The molecule has 27 heavy (non-hydrogen) atoms. The molecule has 1 heterocycles. The van der Waals surface area contributed by atoms with Crippen LogP contribution in [0.4, 0.5) is 5.69 Å². The van der Waals surface area contributed by atoms with Gasteiger partial charge in [-0.2, -0.15) is 0 Å². The molecule has 0 saturated carbocycles. The lowest BCUT2D eigenvalue weighted by Crippen LogP contribution is -2.40. The summed E-state index contributed by atoms with van der Waals surface area (Å²) in [6, 6.07) is 12.0. The van der Waals surface area contributed by atoms with E-state index < -0.39 is 26.7 Å². The third kappa shape index (κ3) is 4.45. The topological polar surface area (TPSA) is 97.6 Å². The molecule has 3 rings (SSSR count). The molecule has 0 unspecified atom stereocenters. The third-order valence-corrected chi connectivity index (χ3v) is 6.51. The molecule has 0 aliphatic carbocycles. The molecule has 0 radical (unpaired) electrons. The number of hydrogen-bond acceptors (Lipinski definition) is 5. The predicted molar refractivity (Wildman–Crippen MR) is 101 cm³/mol. The SMILES string of the molecule is O=C(c1ccccc1[N+](=O)[O-])N(Cc1ccc(Cl)cc1)[C@@H]1CCS(=O)(=O)C1. The number of nitro groups is 1. The fraction of sp³-hybridized carbons (Fsp3) is 0.278. The lowest BCUT2D eigenvalue weighted by Gasteiger charge is -2.28. The zero-order chi connectivity index (χ0) is 19.6. The summed E-state index contributed by atoms with van der Waals surface area (Å²) in [7, 11) is -3.23. The first-order chi connectivity index (χ1) is 12.8. The molecule has 1 aliphatic heterocycles. The zero-order valence-electron chi connectivity index (χ0n) is 14.2. The summed E-state index contributed by atoms with van der Waals surface area (Å²) in [4.78, 5) is 25.2. The second kappa shape index (κ2) is 7.66. The van der Waals surface area contributed by atoms with E-state index in [0.717, 1.165) is 5.56 Å². The molecule has 1 atom stereocenters. The molecule has 1 aliphatic rings. The van der Waals surface area contributed by atoms with Gasteiger partial charge in [0.25, 0.3) is 11.6 Å². The summed E-state index contributed by atoms with van der Waals surface area (Å²) in [5.74, 6) is -0.703. The molecule has 1 amide bonds. The van der Waals surface area contributed by atoms with E-state index >= 15 is 0 Å². The van der Waals surface area contributed by atoms with Crippen LogP contribution in [-0.2, 0) is 16.4 Å². The van der Waals surface area contributed by atoms with Gasteiger partial charge >= 0.3 is 0 Å². The summed E-state index contributed by atoms with van der Waals surface area (Å²) in [5.41, 5.74) is 0.404. The summed E-state index contributed by atoms with van der Waals surface area (Å²) >= 11 is 5.89. The Morgan fingerprint density at radius 1 is 1.19 bits per heavy atom. The maximum atomic E-state index is 13.1. The lowest BCUT2D eigenvalue weighted by molar-refractivity contribution is -0.385. The Kier molecular flexibility index (Phi) is 5.48. The Bertz CT molecular complexity index is 976. The molecule has 0 aromatic heterocycles. The van der Waals surface area contributed by atoms with Crippen LogP contribution in [0, 0.1) is 10.1 Å². The Hall–Kier alpha value is -2.45. The first-order valence-corrected chi connectivity index (χ1v) is 10.5. The molecule has 0 N–H and O–H groups in total. The summed E-state index contributed by atoms with van der Waals surface area (Å²) in [5, 5.41) is 11.8. The standard InChI is InChI=1S/C18H17ClN2O5S/c19-14-7-5-13(6-8-14)11-20(15-9-10-27(25,26)12-15)18(22)16-3-1-2-4-17(16)21(23)24/h1-8,15H,9-12H2/t15-/m1/s1. The maximum Gasteiger partial charge on any atom is 0.282 e. The number of carbonyl (C=O) groups excluding carboxylic acids is 1. The van der Waals surface area contributed by atoms with Crippen molar-refractivity contribution in [3.8, 4) is 0 Å². The Morgan fingerprint density at radius 2 is 1.85 bits per heavy atom. The van der Waals surface area contributed by atoms with Crippen LogP contribution in [0.25, 0.3) is 0 Å². The van der Waals surface area contributed by atoms with Gasteiger partial charge in [0.2, 0.25) is 0 Å². The van der Waals surface area contributed by atoms with Gasteiger partial charge in [-0.15, -0.1) is 0 Å². The van der Waals surface area contributed by atoms with Crippen molar-refractivity contribution in [1.82, 2.24) is 4.90 Å². The summed E-state index contributed by atoms with van der Waals surface area (Å²) < 4.78 is 23.8. The first kappa shape index (κ1) is 19.3. The van der Waals surface area contributed by atoms with Crippen molar-refractivity contribution in [3.63, 3.8) is 0 Å². The van der Waals surface area contributed by atoms with Crippen LogP contribution in [0.3, 0.4) is 0 Å². The van der Waals surface area contributed by atoms with E-state index in [0.29, 0.717) is 11.4 Å². The number of carbonyl (C=O) groups is 1. The van der Waals surface area contributed by atoms with Crippen LogP contribution in [0.2, 0.25) is 5.02 Å². The van der Waals surface area contributed by atoms with Gasteiger partial charge in [0.15, 0.2) is 9.84 Å². The Labute approximate surface area is 161 Å². The normalized spacial score (nSPS) is 18.2. The third-order valence-electron chi connectivity index (χ3n) is 4.51. The van der Waals surface area contributed by atoms with Gasteiger partial charge in [-0.3, -0.25) is 14.9 Å². The van der Waals surface area contributed by atoms with Gasteiger partial charge in [0.05, 0.1) is 16.4 Å². The predicted octanol–water partition coefficient (Wildman–Crippen LogP) is 3.08. The smallest absolute Gasteiger partial charge is 0.282 e.